The summed E-state index contributed by atoms with van der Waals surface area (Å²) in [6.45, 7) is 7.21. The maximum Gasteiger partial charge on any atom is 0.279 e. The summed E-state index contributed by atoms with van der Waals surface area (Å²) in [6.07, 6.45) is 1.94. The minimum absolute atomic E-state index is 0.0411. The Morgan fingerprint density at radius 2 is 1.82 bits per heavy atom. The van der Waals surface area contributed by atoms with Gasteiger partial charge >= 0.3 is 0 Å². The van der Waals surface area contributed by atoms with Gasteiger partial charge in [-0.3, -0.25) is 0 Å². The van der Waals surface area contributed by atoms with Crippen LogP contribution in [0.5, 0.6) is 0 Å². The molecule has 0 amide bonds. The van der Waals surface area contributed by atoms with Crippen LogP contribution in [0.4, 0.5) is 0 Å². The number of hydrogen-bond acceptors (Lipinski definition) is 3. The molecule has 0 aromatic carbocycles. The van der Waals surface area contributed by atoms with Crippen LogP contribution in [0, 0.1) is 11.8 Å². The normalized spacial score (nSPS) is 33.1. The topological polar surface area (TPSA) is 61.4 Å². The molecule has 2 fully saturated rings. The molecule has 2 N–H and O–H groups in total. The van der Waals surface area contributed by atoms with E-state index in [0.29, 0.717) is 24.9 Å². The van der Waals surface area contributed by atoms with Crippen molar-refractivity contribution in [2.75, 3.05) is 26.2 Å². The van der Waals surface area contributed by atoms with Crippen molar-refractivity contribution in [3.8, 4) is 0 Å². The van der Waals surface area contributed by atoms with Gasteiger partial charge in [-0.1, -0.05) is 13.8 Å². The molecule has 2 atom stereocenters. The van der Waals surface area contributed by atoms with E-state index < -0.39 is 10.2 Å². The average molecular weight is 261 g/mol. The SMILES string of the molecule is CC1CCN(S(=O)(=O)NC2CNCC2C)CC1. The molecule has 0 aromatic rings. The Bertz CT molecular complexity index is 350. The molecule has 2 rings (SSSR count). The van der Waals surface area contributed by atoms with Crippen molar-refractivity contribution in [1.82, 2.24) is 14.3 Å². The van der Waals surface area contributed by atoms with Gasteiger partial charge in [-0.25, -0.2) is 0 Å². The lowest BCUT2D eigenvalue weighted by atomic mass is 10.0. The predicted molar refractivity (Wildman–Crippen MR) is 67.8 cm³/mol. The zero-order valence-corrected chi connectivity index (χ0v) is 11.5. The Morgan fingerprint density at radius 3 is 2.35 bits per heavy atom. The lowest BCUT2D eigenvalue weighted by Crippen LogP contribution is -2.49. The second-order valence-corrected chi connectivity index (χ2v) is 7.15. The molecule has 0 aromatic heterocycles. The molecule has 2 aliphatic rings. The summed E-state index contributed by atoms with van der Waals surface area (Å²) < 4.78 is 28.8. The number of piperidine rings is 1. The minimum atomic E-state index is -3.28. The smallest absolute Gasteiger partial charge is 0.279 e. The van der Waals surface area contributed by atoms with E-state index in [1.165, 1.54) is 0 Å². The number of nitrogens with zero attached hydrogens (tertiary/aromatic N) is 1. The fourth-order valence-corrected chi connectivity index (χ4v) is 4.00. The highest BCUT2D eigenvalue weighted by Crippen LogP contribution is 2.19. The summed E-state index contributed by atoms with van der Waals surface area (Å²) >= 11 is 0. The first kappa shape index (κ1) is 13.3. The van der Waals surface area contributed by atoms with Crippen LogP contribution in [0.1, 0.15) is 26.7 Å². The first-order valence-electron chi connectivity index (χ1n) is 6.47. The molecule has 0 bridgehead atoms. The molecular weight excluding hydrogens is 238 g/mol. The molecule has 2 saturated heterocycles. The lowest BCUT2D eigenvalue weighted by Gasteiger charge is -2.31. The van der Waals surface area contributed by atoms with E-state index in [1.54, 1.807) is 4.31 Å². The molecule has 0 radical (unpaired) electrons. The molecule has 2 aliphatic heterocycles. The van der Waals surface area contributed by atoms with Crippen LogP contribution in [0.3, 0.4) is 0 Å². The van der Waals surface area contributed by atoms with Crippen LogP contribution in [0.2, 0.25) is 0 Å². The van der Waals surface area contributed by atoms with Crippen LogP contribution in [-0.2, 0) is 10.2 Å². The average Bonchev–Trinajstić information content (AvgIpc) is 2.64. The third kappa shape index (κ3) is 3.19. The van der Waals surface area contributed by atoms with Gasteiger partial charge in [0, 0.05) is 25.7 Å². The summed E-state index contributed by atoms with van der Waals surface area (Å²) in [6, 6.07) is 0.0411. The third-order valence-corrected chi connectivity index (χ3v) is 5.55. The Balaban J connectivity index is 1.94. The van der Waals surface area contributed by atoms with E-state index in [4.69, 9.17) is 0 Å². The molecule has 0 aliphatic carbocycles. The monoisotopic (exact) mass is 261 g/mol. The summed E-state index contributed by atoms with van der Waals surface area (Å²) in [4.78, 5) is 0. The van der Waals surface area contributed by atoms with Crippen molar-refractivity contribution in [3.63, 3.8) is 0 Å². The molecular formula is C11H23N3O2S. The second-order valence-electron chi connectivity index (χ2n) is 5.45. The van der Waals surface area contributed by atoms with E-state index in [1.807, 2.05) is 0 Å². The van der Waals surface area contributed by atoms with Crippen molar-refractivity contribution < 1.29 is 8.42 Å². The van der Waals surface area contributed by atoms with Crippen molar-refractivity contribution in [2.24, 2.45) is 11.8 Å². The van der Waals surface area contributed by atoms with Gasteiger partial charge in [0.15, 0.2) is 0 Å². The van der Waals surface area contributed by atoms with E-state index in [9.17, 15) is 8.42 Å². The number of nitrogens with one attached hydrogen (secondary N) is 2. The summed E-state index contributed by atoms with van der Waals surface area (Å²) in [5.74, 6) is 1.02. The predicted octanol–water partition coefficient (Wildman–Crippen LogP) is 0.161. The van der Waals surface area contributed by atoms with Gasteiger partial charge in [0.05, 0.1) is 0 Å². The Hall–Kier alpha value is -0.170. The standard InChI is InChI=1S/C11H23N3O2S/c1-9-3-5-14(6-4-9)17(15,16)13-11-8-12-7-10(11)2/h9-13H,3-8H2,1-2H3. The Kier molecular flexibility index (Phi) is 4.07. The summed E-state index contributed by atoms with van der Waals surface area (Å²) in [7, 11) is -3.28. The van der Waals surface area contributed by atoms with Gasteiger partial charge in [-0.05, 0) is 31.2 Å². The maximum atomic E-state index is 12.2. The molecule has 2 unspecified atom stereocenters. The fourth-order valence-electron chi connectivity index (χ4n) is 2.46. The second kappa shape index (κ2) is 5.22. The molecule has 5 nitrogen and oxygen atoms in total. The third-order valence-electron chi connectivity index (χ3n) is 3.90. The quantitative estimate of drug-likeness (QED) is 0.761. The van der Waals surface area contributed by atoms with Crippen molar-refractivity contribution in [3.05, 3.63) is 0 Å². The maximum absolute atomic E-state index is 12.2. The van der Waals surface area contributed by atoms with Crippen molar-refractivity contribution >= 4 is 10.2 Å². The summed E-state index contributed by atoms with van der Waals surface area (Å²) in [5.41, 5.74) is 0. The molecule has 100 valence electrons. The van der Waals surface area contributed by atoms with E-state index in [-0.39, 0.29) is 6.04 Å². The van der Waals surface area contributed by atoms with E-state index in [2.05, 4.69) is 23.9 Å². The Morgan fingerprint density at radius 1 is 1.18 bits per heavy atom. The fraction of sp³-hybridized carbons (Fsp3) is 1.00. The van der Waals surface area contributed by atoms with Gasteiger partial charge < -0.3 is 5.32 Å². The first-order valence-corrected chi connectivity index (χ1v) is 7.91. The van der Waals surface area contributed by atoms with Crippen LogP contribution < -0.4 is 10.0 Å². The molecule has 6 heteroatoms. The van der Waals surface area contributed by atoms with Crippen molar-refractivity contribution in [2.45, 2.75) is 32.7 Å². The van der Waals surface area contributed by atoms with E-state index in [0.717, 1.165) is 25.9 Å². The molecule has 2 heterocycles. The van der Waals surface area contributed by atoms with E-state index >= 15 is 0 Å². The van der Waals surface area contributed by atoms with Gasteiger partial charge in [-0.15, -0.1) is 0 Å². The minimum Gasteiger partial charge on any atom is -0.315 e. The largest absolute Gasteiger partial charge is 0.315 e. The van der Waals surface area contributed by atoms with Crippen LogP contribution in [0.25, 0.3) is 0 Å². The first-order chi connectivity index (χ1) is 7.99. The highest BCUT2D eigenvalue weighted by atomic mass is 32.2. The van der Waals surface area contributed by atoms with Gasteiger partial charge in [-0.2, -0.15) is 17.4 Å². The molecule has 0 saturated carbocycles. The molecule has 17 heavy (non-hydrogen) atoms. The van der Waals surface area contributed by atoms with Crippen LogP contribution in [0.15, 0.2) is 0 Å². The van der Waals surface area contributed by atoms with Crippen LogP contribution >= 0.6 is 0 Å². The van der Waals surface area contributed by atoms with Gasteiger partial charge in [0.25, 0.3) is 10.2 Å². The highest BCUT2D eigenvalue weighted by Gasteiger charge is 2.32. The van der Waals surface area contributed by atoms with Gasteiger partial charge in [0.2, 0.25) is 0 Å². The Labute approximate surface area is 104 Å². The molecule has 0 spiro atoms. The summed E-state index contributed by atoms with van der Waals surface area (Å²) in [5, 5.41) is 3.21. The number of rotatable bonds is 3. The highest BCUT2D eigenvalue weighted by molar-refractivity contribution is 7.87. The zero-order chi connectivity index (χ0) is 12.5. The van der Waals surface area contributed by atoms with Crippen molar-refractivity contribution in [1.29, 1.82) is 0 Å². The van der Waals surface area contributed by atoms with Crippen LogP contribution in [-0.4, -0.2) is 44.9 Å². The zero-order valence-electron chi connectivity index (χ0n) is 10.6. The van der Waals surface area contributed by atoms with Gasteiger partial charge in [0.1, 0.15) is 0 Å². The number of hydrogen-bond donors (Lipinski definition) is 2. The lowest BCUT2D eigenvalue weighted by molar-refractivity contribution is 0.282.